The molecule has 0 N–H and O–H groups in total. The minimum Gasteiger partial charge on any atom is -0.303 e. The molecule has 1 aliphatic heterocycles. The summed E-state index contributed by atoms with van der Waals surface area (Å²) in [7, 11) is 0. The Bertz CT molecular complexity index is 77.0. The third-order valence-corrected chi connectivity index (χ3v) is 2.27. The summed E-state index contributed by atoms with van der Waals surface area (Å²) in [4.78, 5) is 2.33. The Hall–Kier alpha value is 0.250. The molecular weight excluding hydrogens is 134 g/mol. The minimum atomic E-state index is 0.424. The Morgan fingerprint density at radius 1 is 1.44 bits per heavy atom. The molecule has 2 heteroatoms. The second-order valence-electron chi connectivity index (χ2n) is 2.52. The van der Waals surface area contributed by atoms with E-state index in [0.29, 0.717) is 5.38 Å². The maximum absolute atomic E-state index is 5.89. The number of hydrogen-bond donors (Lipinski definition) is 0. The van der Waals surface area contributed by atoms with Gasteiger partial charge in [0.05, 0.1) is 0 Å². The topological polar surface area (TPSA) is 3.24 Å². The van der Waals surface area contributed by atoms with E-state index in [0.717, 1.165) is 32.5 Å². The summed E-state index contributed by atoms with van der Waals surface area (Å²) in [5.74, 6) is 0. The Labute approximate surface area is 62.0 Å². The standard InChI is InChI=1S/C7H13ClN/c1-2-9-5-3-7(8)4-6-9/h7H,1-6H2. The molecule has 1 saturated heterocycles. The van der Waals surface area contributed by atoms with Gasteiger partial charge in [0.15, 0.2) is 0 Å². The summed E-state index contributed by atoms with van der Waals surface area (Å²) in [6.07, 6.45) is 2.27. The molecule has 0 aromatic carbocycles. The van der Waals surface area contributed by atoms with Crippen LogP contribution >= 0.6 is 11.6 Å². The van der Waals surface area contributed by atoms with Crippen LogP contribution in [0, 0.1) is 6.92 Å². The lowest BCUT2D eigenvalue weighted by molar-refractivity contribution is 0.253. The molecule has 53 valence electrons. The van der Waals surface area contributed by atoms with Crippen LogP contribution in [-0.2, 0) is 0 Å². The smallest absolute Gasteiger partial charge is 0.0360 e. The third kappa shape index (κ3) is 2.15. The van der Waals surface area contributed by atoms with Gasteiger partial charge in [-0.15, -0.1) is 11.6 Å². The summed E-state index contributed by atoms with van der Waals surface area (Å²) in [5, 5.41) is 0.424. The van der Waals surface area contributed by atoms with Crippen LogP contribution in [0.4, 0.5) is 0 Å². The van der Waals surface area contributed by atoms with Crippen LogP contribution < -0.4 is 0 Å². The lowest BCUT2D eigenvalue weighted by atomic mass is 10.1. The fourth-order valence-corrected chi connectivity index (χ4v) is 1.32. The van der Waals surface area contributed by atoms with Crippen LogP contribution in [0.25, 0.3) is 0 Å². The van der Waals surface area contributed by atoms with Gasteiger partial charge in [-0.25, -0.2) is 0 Å². The molecule has 9 heavy (non-hydrogen) atoms. The molecule has 1 rings (SSSR count). The normalized spacial score (nSPS) is 24.7. The first kappa shape index (κ1) is 7.36. The summed E-state index contributed by atoms with van der Waals surface area (Å²) in [5.41, 5.74) is 0. The number of halogens is 1. The van der Waals surface area contributed by atoms with E-state index in [-0.39, 0.29) is 0 Å². The van der Waals surface area contributed by atoms with E-state index >= 15 is 0 Å². The van der Waals surface area contributed by atoms with Crippen molar-refractivity contribution in [1.29, 1.82) is 0 Å². The molecule has 0 bridgehead atoms. The Morgan fingerprint density at radius 3 is 2.44 bits per heavy atom. The Morgan fingerprint density at radius 2 is 2.00 bits per heavy atom. The maximum atomic E-state index is 5.89. The predicted molar refractivity (Wildman–Crippen MR) is 40.7 cm³/mol. The summed E-state index contributed by atoms with van der Waals surface area (Å²) < 4.78 is 0. The predicted octanol–water partition coefficient (Wildman–Crippen LogP) is 1.52. The summed E-state index contributed by atoms with van der Waals surface area (Å²) in [6, 6.07) is 0. The van der Waals surface area contributed by atoms with Crippen molar-refractivity contribution in [3.8, 4) is 0 Å². The van der Waals surface area contributed by atoms with Crippen molar-refractivity contribution in [1.82, 2.24) is 4.90 Å². The number of rotatable bonds is 1. The van der Waals surface area contributed by atoms with E-state index < -0.39 is 0 Å². The van der Waals surface area contributed by atoms with Crippen LogP contribution in [0.1, 0.15) is 12.8 Å². The Balaban J connectivity index is 2.18. The summed E-state index contributed by atoms with van der Waals surface area (Å²) >= 11 is 5.89. The van der Waals surface area contributed by atoms with Crippen molar-refractivity contribution >= 4 is 11.6 Å². The first-order valence-corrected chi connectivity index (χ1v) is 3.92. The van der Waals surface area contributed by atoms with Gasteiger partial charge < -0.3 is 4.90 Å². The van der Waals surface area contributed by atoms with Crippen LogP contribution in [0.3, 0.4) is 0 Å². The number of piperidine rings is 1. The molecule has 0 atom stereocenters. The molecule has 0 spiro atoms. The zero-order valence-corrected chi connectivity index (χ0v) is 6.40. The SMILES string of the molecule is [CH2]CN1CCC(Cl)CC1. The largest absolute Gasteiger partial charge is 0.303 e. The third-order valence-electron chi connectivity index (χ3n) is 1.83. The first-order chi connectivity index (χ1) is 4.33. The maximum Gasteiger partial charge on any atom is 0.0360 e. The molecule has 1 aliphatic rings. The zero-order chi connectivity index (χ0) is 6.69. The lowest BCUT2D eigenvalue weighted by Crippen LogP contribution is -2.33. The average molecular weight is 147 g/mol. The number of alkyl halides is 1. The molecule has 0 amide bonds. The van der Waals surface area contributed by atoms with Crippen molar-refractivity contribution in [3.05, 3.63) is 6.92 Å². The average Bonchev–Trinajstić information content (AvgIpc) is 1.90. The van der Waals surface area contributed by atoms with Crippen LogP contribution in [0.15, 0.2) is 0 Å². The zero-order valence-electron chi connectivity index (χ0n) is 5.65. The van der Waals surface area contributed by atoms with E-state index in [1.54, 1.807) is 0 Å². The van der Waals surface area contributed by atoms with Gasteiger partial charge in [0, 0.05) is 5.38 Å². The number of likely N-dealkylation sites (tertiary alicyclic amines) is 1. The van der Waals surface area contributed by atoms with Gasteiger partial charge in [-0.1, -0.05) is 0 Å². The van der Waals surface area contributed by atoms with E-state index in [4.69, 9.17) is 11.6 Å². The van der Waals surface area contributed by atoms with E-state index in [9.17, 15) is 0 Å². The first-order valence-electron chi connectivity index (χ1n) is 3.48. The highest BCUT2D eigenvalue weighted by atomic mass is 35.5. The van der Waals surface area contributed by atoms with E-state index in [1.165, 1.54) is 0 Å². The fraction of sp³-hybridized carbons (Fsp3) is 0.857. The fourth-order valence-electron chi connectivity index (χ4n) is 1.13. The Kier molecular flexibility index (Phi) is 2.80. The van der Waals surface area contributed by atoms with Crippen molar-refractivity contribution in [2.75, 3.05) is 19.6 Å². The van der Waals surface area contributed by atoms with Gasteiger partial charge in [0.2, 0.25) is 0 Å². The second kappa shape index (κ2) is 3.43. The van der Waals surface area contributed by atoms with Crippen molar-refractivity contribution in [2.45, 2.75) is 18.2 Å². The van der Waals surface area contributed by atoms with Crippen molar-refractivity contribution in [3.63, 3.8) is 0 Å². The highest BCUT2D eigenvalue weighted by Crippen LogP contribution is 2.14. The van der Waals surface area contributed by atoms with Crippen LogP contribution in [0.2, 0.25) is 0 Å². The molecule has 0 aromatic heterocycles. The van der Waals surface area contributed by atoms with Gasteiger partial charge in [0.1, 0.15) is 0 Å². The van der Waals surface area contributed by atoms with Crippen LogP contribution in [0.5, 0.6) is 0 Å². The molecule has 1 nitrogen and oxygen atoms in total. The monoisotopic (exact) mass is 146 g/mol. The molecular formula is C7H13ClN. The highest BCUT2D eigenvalue weighted by molar-refractivity contribution is 6.20. The van der Waals surface area contributed by atoms with E-state index in [2.05, 4.69) is 11.8 Å². The molecule has 0 aromatic rings. The quantitative estimate of drug-likeness (QED) is 0.507. The number of nitrogens with zero attached hydrogens (tertiary/aromatic N) is 1. The second-order valence-corrected chi connectivity index (χ2v) is 3.13. The minimum absolute atomic E-state index is 0.424. The molecule has 0 unspecified atom stereocenters. The van der Waals surface area contributed by atoms with E-state index in [1.807, 2.05) is 0 Å². The van der Waals surface area contributed by atoms with Crippen molar-refractivity contribution < 1.29 is 0 Å². The molecule has 0 saturated carbocycles. The van der Waals surface area contributed by atoms with Gasteiger partial charge >= 0.3 is 0 Å². The highest BCUT2D eigenvalue weighted by Gasteiger charge is 2.14. The lowest BCUT2D eigenvalue weighted by Gasteiger charge is -2.27. The van der Waals surface area contributed by atoms with Gasteiger partial charge in [-0.05, 0) is 39.4 Å². The van der Waals surface area contributed by atoms with Crippen LogP contribution in [-0.4, -0.2) is 29.9 Å². The molecule has 1 radical (unpaired) electrons. The van der Waals surface area contributed by atoms with Gasteiger partial charge in [-0.3, -0.25) is 0 Å². The summed E-state index contributed by atoms with van der Waals surface area (Å²) in [6.45, 7) is 7.02. The molecule has 1 heterocycles. The van der Waals surface area contributed by atoms with Gasteiger partial charge in [0.25, 0.3) is 0 Å². The molecule has 1 fully saturated rings. The number of hydrogen-bond acceptors (Lipinski definition) is 1. The molecule has 0 aliphatic carbocycles. The van der Waals surface area contributed by atoms with Gasteiger partial charge in [-0.2, -0.15) is 0 Å². The van der Waals surface area contributed by atoms with Crippen molar-refractivity contribution in [2.24, 2.45) is 0 Å².